The average Bonchev–Trinajstić information content (AvgIpc) is 3.03. The highest BCUT2D eigenvalue weighted by Gasteiger charge is 2.61. The summed E-state index contributed by atoms with van der Waals surface area (Å²) >= 11 is 11.4. The van der Waals surface area contributed by atoms with E-state index in [2.05, 4.69) is 11.1 Å². The van der Waals surface area contributed by atoms with Gasteiger partial charge < -0.3 is 4.74 Å². The number of allylic oxidation sites excluding steroid dienone is 1. The number of nitrogens with zero attached hydrogens (tertiary/aromatic N) is 1. The number of hydrogen-bond donors (Lipinski definition) is 0. The Labute approximate surface area is 148 Å². The van der Waals surface area contributed by atoms with Gasteiger partial charge in [0.25, 0.3) is 0 Å². The van der Waals surface area contributed by atoms with Gasteiger partial charge in [0, 0.05) is 12.4 Å². The summed E-state index contributed by atoms with van der Waals surface area (Å²) in [7, 11) is 0. The maximum absolute atomic E-state index is 12.1. The molecule has 1 fully saturated rings. The fourth-order valence-corrected chi connectivity index (χ4v) is 3.26. The molecule has 2 unspecified atom stereocenters. The monoisotopic (exact) mass is 355 g/mol. The van der Waals surface area contributed by atoms with Crippen molar-refractivity contribution >= 4 is 29.2 Å². The molecule has 5 heteroatoms. The minimum absolute atomic E-state index is 0.0746. The Balaban J connectivity index is 1.61. The summed E-state index contributed by atoms with van der Waals surface area (Å²) in [4.78, 5) is 16.2. The van der Waals surface area contributed by atoms with Gasteiger partial charge in [0.2, 0.25) is 0 Å². The van der Waals surface area contributed by atoms with Crippen LogP contribution < -0.4 is 0 Å². The zero-order chi connectivity index (χ0) is 16.9. The number of hydrogen-bond acceptors (Lipinski definition) is 3. The SMILES string of the molecule is CC1(C)C(C=C(Cl)Cl)C1C(=O)OCCCCCc1cccnc1. The lowest BCUT2D eigenvalue weighted by molar-refractivity contribution is -0.146. The highest BCUT2D eigenvalue weighted by molar-refractivity contribution is 6.55. The summed E-state index contributed by atoms with van der Waals surface area (Å²) in [6.45, 7) is 4.54. The summed E-state index contributed by atoms with van der Waals surface area (Å²) in [5.74, 6) is -0.200. The van der Waals surface area contributed by atoms with Crippen molar-refractivity contribution in [2.45, 2.75) is 39.5 Å². The minimum atomic E-state index is -0.141. The minimum Gasteiger partial charge on any atom is -0.465 e. The number of aromatic nitrogens is 1. The first kappa shape index (κ1) is 18.3. The molecule has 1 heterocycles. The molecule has 23 heavy (non-hydrogen) atoms. The van der Waals surface area contributed by atoms with E-state index in [9.17, 15) is 4.79 Å². The van der Waals surface area contributed by atoms with Crippen LogP contribution >= 0.6 is 23.2 Å². The molecule has 0 aliphatic heterocycles. The van der Waals surface area contributed by atoms with Crippen LogP contribution in [0.4, 0.5) is 0 Å². The number of esters is 1. The zero-order valence-corrected chi connectivity index (χ0v) is 15.1. The molecule has 1 saturated carbocycles. The van der Waals surface area contributed by atoms with Gasteiger partial charge in [-0.25, -0.2) is 0 Å². The molecule has 0 bridgehead atoms. The zero-order valence-electron chi connectivity index (χ0n) is 13.6. The van der Waals surface area contributed by atoms with Gasteiger partial charge in [0.05, 0.1) is 12.5 Å². The normalized spacial score (nSPS) is 21.6. The van der Waals surface area contributed by atoms with Crippen LogP contribution in [-0.4, -0.2) is 17.6 Å². The third-order valence-electron chi connectivity index (χ3n) is 4.55. The Morgan fingerprint density at radius 2 is 2.13 bits per heavy atom. The molecule has 3 nitrogen and oxygen atoms in total. The second kappa shape index (κ2) is 8.16. The Kier molecular flexibility index (Phi) is 6.49. The van der Waals surface area contributed by atoms with Gasteiger partial charge >= 0.3 is 5.97 Å². The molecule has 2 rings (SSSR count). The average molecular weight is 356 g/mol. The Hall–Kier alpha value is -1.06. The first-order valence-electron chi connectivity index (χ1n) is 8.01. The Morgan fingerprint density at radius 3 is 2.78 bits per heavy atom. The van der Waals surface area contributed by atoms with E-state index in [0.29, 0.717) is 6.61 Å². The van der Waals surface area contributed by atoms with Crippen molar-refractivity contribution in [1.29, 1.82) is 0 Å². The number of halogens is 2. The fraction of sp³-hybridized carbons (Fsp3) is 0.556. The number of ether oxygens (including phenoxy) is 1. The highest BCUT2D eigenvalue weighted by atomic mass is 35.5. The van der Waals surface area contributed by atoms with Gasteiger partial charge in [0.15, 0.2) is 0 Å². The van der Waals surface area contributed by atoms with E-state index in [0.717, 1.165) is 25.7 Å². The number of rotatable bonds is 8. The van der Waals surface area contributed by atoms with Crippen molar-refractivity contribution in [2.24, 2.45) is 17.3 Å². The topological polar surface area (TPSA) is 39.2 Å². The maximum atomic E-state index is 12.1. The number of carbonyl (C=O) groups excluding carboxylic acids is 1. The van der Waals surface area contributed by atoms with Crippen LogP contribution in [0.25, 0.3) is 0 Å². The summed E-state index contributed by atoms with van der Waals surface area (Å²) < 4.78 is 5.62. The van der Waals surface area contributed by atoms with E-state index in [1.807, 2.05) is 26.1 Å². The van der Waals surface area contributed by atoms with E-state index >= 15 is 0 Å². The van der Waals surface area contributed by atoms with Crippen molar-refractivity contribution in [2.75, 3.05) is 6.61 Å². The predicted molar refractivity (Wildman–Crippen MR) is 93.3 cm³/mol. The quantitative estimate of drug-likeness (QED) is 0.490. The second-order valence-electron chi connectivity index (χ2n) is 6.62. The standard InChI is InChI=1S/C18H23Cl2NO2/c1-18(2)14(11-15(19)20)16(18)17(22)23-10-5-3-4-7-13-8-6-9-21-12-13/h6,8-9,11-12,14,16H,3-5,7,10H2,1-2H3. The van der Waals surface area contributed by atoms with Crippen LogP contribution in [0.1, 0.15) is 38.7 Å². The molecular weight excluding hydrogens is 333 g/mol. The van der Waals surface area contributed by atoms with E-state index in [1.165, 1.54) is 5.56 Å². The summed E-state index contributed by atoms with van der Waals surface area (Å²) in [6, 6.07) is 4.03. The molecule has 0 amide bonds. The van der Waals surface area contributed by atoms with E-state index in [4.69, 9.17) is 27.9 Å². The third-order valence-corrected chi connectivity index (χ3v) is 4.80. The van der Waals surface area contributed by atoms with Crippen molar-refractivity contribution in [1.82, 2.24) is 4.98 Å². The molecule has 1 aromatic heterocycles. The molecule has 0 N–H and O–H groups in total. The highest BCUT2D eigenvalue weighted by Crippen LogP contribution is 2.60. The molecule has 2 atom stereocenters. The smallest absolute Gasteiger partial charge is 0.310 e. The molecule has 0 saturated heterocycles. The molecule has 0 radical (unpaired) electrons. The van der Waals surface area contributed by atoms with Crippen LogP contribution in [0.5, 0.6) is 0 Å². The Morgan fingerprint density at radius 1 is 1.35 bits per heavy atom. The maximum Gasteiger partial charge on any atom is 0.310 e. The second-order valence-corrected chi connectivity index (χ2v) is 7.63. The van der Waals surface area contributed by atoms with Crippen LogP contribution in [0.15, 0.2) is 35.1 Å². The van der Waals surface area contributed by atoms with Gasteiger partial charge in [-0.1, -0.05) is 43.1 Å². The fourth-order valence-electron chi connectivity index (χ4n) is 2.99. The first-order valence-corrected chi connectivity index (χ1v) is 8.77. The molecule has 1 aromatic rings. The summed E-state index contributed by atoms with van der Waals surface area (Å²) in [6.07, 6.45) is 9.42. The summed E-state index contributed by atoms with van der Waals surface area (Å²) in [5, 5.41) is 0. The van der Waals surface area contributed by atoms with Gasteiger partial charge in [-0.15, -0.1) is 0 Å². The van der Waals surface area contributed by atoms with Crippen LogP contribution in [0.2, 0.25) is 0 Å². The molecular formula is C18H23Cl2NO2. The lowest BCUT2D eigenvalue weighted by Crippen LogP contribution is -2.11. The van der Waals surface area contributed by atoms with Gasteiger partial charge in [-0.05, 0) is 54.7 Å². The van der Waals surface area contributed by atoms with E-state index < -0.39 is 0 Å². The first-order chi connectivity index (χ1) is 10.9. The summed E-state index contributed by atoms with van der Waals surface area (Å²) in [5.41, 5.74) is 1.13. The lowest BCUT2D eigenvalue weighted by Gasteiger charge is -2.06. The largest absolute Gasteiger partial charge is 0.465 e. The van der Waals surface area contributed by atoms with Gasteiger partial charge in [-0.3, -0.25) is 9.78 Å². The number of carbonyl (C=O) groups is 1. The van der Waals surface area contributed by atoms with E-state index in [1.54, 1.807) is 12.3 Å². The molecule has 126 valence electrons. The van der Waals surface area contributed by atoms with Crippen LogP contribution in [0, 0.1) is 17.3 Å². The van der Waals surface area contributed by atoms with Gasteiger partial charge in [-0.2, -0.15) is 0 Å². The van der Waals surface area contributed by atoms with E-state index in [-0.39, 0.29) is 27.7 Å². The van der Waals surface area contributed by atoms with Crippen molar-refractivity contribution in [3.8, 4) is 0 Å². The molecule has 1 aliphatic carbocycles. The van der Waals surface area contributed by atoms with Crippen molar-refractivity contribution < 1.29 is 9.53 Å². The predicted octanol–water partition coefficient (Wildman–Crippen LogP) is 4.93. The van der Waals surface area contributed by atoms with Gasteiger partial charge in [0.1, 0.15) is 4.49 Å². The molecule has 0 spiro atoms. The van der Waals surface area contributed by atoms with Crippen molar-refractivity contribution in [3.05, 3.63) is 40.7 Å². The van der Waals surface area contributed by atoms with Crippen molar-refractivity contribution in [3.63, 3.8) is 0 Å². The number of pyridine rings is 1. The Bertz CT molecular complexity index is 553. The molecule has 0 aromatic carbocycles. The van der Waals surface area contributed by atoms with Crippen LogP contribution in [-0.2, 0) is 16.0 Å². The molecule has 1 aliphatic rings. The number of unbranched alkanes of at least 4 members (excludes halogenated alkanes) is 2. The van der Waals surface area contributed by atoms with Crippen LogP contribution in [0.3, 0.4) is 0 Å². The number of aryl methyl sites for hydroxylation is 1. The third kappa shape index (κ3) is 5.22. The lowest BCUT2D eigenvalue weighted by atomic mass is 10.1.